The number of aliphatic hydroxyl groups is 1. The van der Waals surface area contributed by atoms with Crippen LogP contribution in [0.3, 0.4) is 0 Å². The number of rotatable bonds is 7. The molecule has 0 spiro atoms. The number of ether oxygens (including phenoxy) is 2. The molecule has 0 amide bonds. The highest BCUT2D eigenvalue weighted by molar-refractivity contribution is 5.45. The summed E-state index contributed by atoms with van der Waals surface area (Å²) in [6.45, 7) is 3.27. The highest BCUT2D eigenvalue weighted by Crippen LogP contribution is 2.27. The van der Waals surface area contributed by atoms with Crippen LogP contribution in [-0.4, -0.2) is 38.5 Å². The number of nitrogens with one attached hydrogen (secondary N) is 1. The van der Waals surface area contributed by atoms with Gasteiger partial charge in [-0.25, -0.2) is 0 Å². The van der Waals surface area contributed by atoms with Crippen molar-refractivity contribution < 1.29 is 14.6 Å². The molecule has 0 fully saturated rings. The molecule has 0 bridgehead atoms. The first-order chi connectivity index (χ1) is 8.62. The quantitative estimate of drug-likeness (QED) is 0.657. The molecule has 0 heterocycles. The fourth-order valence-electron chi connectivity index (χ4n) is 1.71. The molecule has 1 rings (SSSR count). The van der Waals surface area contributed by atoms with Gasteiger partial charge in [0.05, 0.1) is 20.3 Å². The van der Waals surface area contributed by atoms with E-state index in [4.69, 9.17) is 15.2 Å². The normalized spacial score (nSPS) is 12.3. The van der Waals surface area contributed by atoms with E-state index in [1.807, 2.05) is 19.1 Å². The molecule has 1 aromatic rings. The number of hydrogen-bond acceptors (Lipinski definition) is 5. The van der Waals surface area contributed by atoms with Gasteiger partial charge in [0.25, 0.3) is 0 Å². The van der Waals surface area contributed by atoms with Crippen LogP contribution in [0.4, 0.5) is 0 Å². The van der Waals surface area contributed by atoms with Crippen molar-refractivity contribution in [3.63, 3.8) is 0 Å². The first-order valence-corrected chi connectivity index (χ1v) is 5.92. The summed E-state index contributed by atoms with van der Waals surface area (Å²) in [5, 5.41) is 12.5. The smallest absolute Gasteiger partial charge is 0.123 e. The molecule has 1 aromatic carbocycles. The molecular weight excluding hydrogens is 232 g/mol. The van der Waals surface area contributed by atoms with Crippen molar-refractivity contribution in [3.05, 3.63) is 23.3 Å². The van der Waals surface area contributed by atoms with Crippen LogP contribution >= 0.6 is 0 Å². The maximum Gasteiger partial charge on any atom is 0.123 e. The lowest BCUT2D eigenvalue weighted by Crippen LogP contribution is -2.32. The zero-order chi connectivity index (χ0) is 13.5. The first-order valence-electron chi connectivity index (χ1n) is 5.92. The third-order valence-electron chi connectivity index (χ3n) is 2.77. The van der Waals surface area contributed by atoms with Crippen LogP contribution < -0.4 is 20.5 Å². The summed E-state index contributed by atoms with van der Waals surface area (Å²) < 4.78 is 10.6. The monoisotopic (exact) mass is 254 g/mol. The second-order valence-corrected chi connectivity index (χ2v) is 4.15. The zero-order valence-corrected chi connectivity index (χ0v) is 11.2. The minimum Gasteiger partial charge on any atom is -0.496 e. The van der Waals surface area contributed by atoms with Crippen molar-refractivity contribution in [2.45, 2.75) is 19.6 Å². The Hall–Kier alpha value is -1.30. The van der Waals surface area contributed by atoms with E-state index in [9.17, 15) is 5.11 Å². The Bertz CT molecular complexity index is 383. The Kier molecular flexibility index (Phi) is 5.91. The van der Waals surface area contributed by atoms with Gasteiger partial charge < -0.3 is 25.6 Å². The van der Waals surface area contributed by atoms with Gasteiger partial charge in [-0.2, -0.15) is 0 Å². The molecule has 4 N–H and O–H groups in total. The van der Waals surface area contributed by atoms with Gasteiger partial charge in [-0.3, -0.25) is 0 Å². The second kappa shape index (κ2) is 7.20. The van der Waals surface area contributed by atoms with Gasteiger partial charge in [-0.1, -0.05) is 0 Å². The predicted molar refractivity (Wildman–Crippen MR) is 71.1 cm³/mol. The van der Waals surface area contributed by atoms with E-state index >= 15 is 0 Å². The third kappa shape index (κ3) is 3.87. The molecule has 0 saturated carbocycles. The maximum atomic E-state index is 9.36. The molecule has 0 aliphatic carbocycles. The Morgan fingerprint density at radius 1 is 1.28 bits per heavy atom. The number of methoxy groups -OCH3 is 2. The average Bonchev–Trinajstić information content (AvgIpc) is 2.39. The average molecular weight is 254 g/mol. The Morgan fingerprint density at radius 3 is 2.50 bits per heavy atom. The second-order valence-electron chi connectivity index (χ2n) is 4.15. The van der Waals surface area contributed by atoms with E-state index in [1.54, 1.807) is 14.2 Å². The van der Waals surface area contributed by atoms with Crippen molar-refractivity contribution >= 4 is 0 Å². The molecule has 0 saturated heterocycles. The summed E-state index contributed by atoms with van der Waals surface area (Å²) in [6, 6.07) is 3.88. The lowest BCUT2D eigenvalue weighted by atomic mass is 10.1. The van der Waals surface area contributed by atoms with Crippen LogP contribution in [-0.2, 0) is 6.54 Å². The molecule has 0 aliphatic heterocycles. The Morgan fingerprint density at radius 2 is 1.94 bits per heavy atom. The van der Waals surface area contributed by atoms with E-state index in [0.717, 1.165) is 22.6 Å². The Labute approximate surface area is 108 Å². The molecule has 0 aromatic heterocycles. The van der Waals surface area contributed by atoms with E-state index in [1.165, 1.54) is 0 Å². The number of nitrogens with two attached hydrogens (primary N) is 1. The molecule has 18 heavy (non-hydrogen) atoms. The molecule has 102 valence electrons. The molecule has 0 radical (unpaired) electrons. The number of benzene rings is 1. The van der Waals surface area contributed by atoms with Crippen LogP contribution in [0.15, 0.2) is 12.1 Å². The van der Waals surface area contributed by atoms with Gasteiger partial charge in [0.2, 0.25) is 0 Å². The minimum absolute atomic E-state index is 0.251. The van der Waals surface area contributed by atoms with Crippen molar-refractivity contribution in [3.8, 4) is 11.5 Å². The molecule has 0 aliphatic rings. The zero-order valence-electron chi connectivity index (χ0n) is 11.2. The number of hydrogen-bond donors (Lipinski definition) is 3. The van der Waals surface area contributed by atoms with Gasteiger partial charge in [0, 0.05) is 25.2 Å². The lowest BCUT2D eigenvalue weighted by Gasteiger charge is -2.14. The van der Waals surface area contributed by atoms with Gasteiger partial charge in [-0.05, 0) is 24.6 Å². The third-order valence-corrected chi connectivity index (χ3v) is 2.77. The van der Waals surface area contributed by atoms with Crippen molar-refractivity contribution in [2.75, 3.05) is 27.3 Å². The van der Waals surface area contributed by atoms with Crippen LogP contribution in [0.1, 0.15) is 11.1 Å². The number of aliphatic hydroxyl groups excluding tert-OH is 1. The van der Waals surface area contributed by atoms with E-state index in [-0.39, 0.29) is 6.54 Å². The van der Waals surface area contributed by atoms with E-state index < -0.39 is 6.10 Å². The minimum atomic E-state index is -0.525. The van der Waals surface area contributed by atoms with Gasteiger partial charge in [-0.15, -0.1) is 0 Å². The summed E-state index contributed by atoms with van der Waals surface area (Å²) in [6.07, 6.45) is -0.525. The van der Waals surface area contributed by atoms with Gasteiger partial charge >= 0.3 is 0 Å². The summed E-state index contributed by atoms with van der Waals surface area (Å²) in [5.74, 6) is 1.63. The topological polar surface area (TPSA) is 76.7 Å². The van der Waals surface area contributed by atoms with Crippen molar-refractivity contribution in [1.29, 1.82) is 0 Å². The van der Waals surface area contributed by atoms with Gasteiger partial charge in [0.1, 0.15) is 11.5 Å². The van der Waals surface area contributed by atoms with Crippen molar-refractivity contribution in [2.24, 2.45) is 5.73 Å². The standard InChI is InChI=1S/C13H22N2O3/c1-9-4-13(18-3)10(5-12(9)17-2)7-15-8-11(16)6-14/h4-5,11,15-16H,6-8,14H2,1-3H3. The highest BCUT2D eigenvalue weighted by atomic mass is 16.5. The summed E-state index contributed by atoms with van der Waals surface area (Å²) >= 11 is 0. The van der Waals surface area contributed by atoms with E-state index in [0.29, 0.717) is 13.1 Å². The maximum absolute atomic E-state index is 9.36. The molecular formula is C13H22N2O3. The fourth-order valence-corrected chi connectivity index (χ4v) is 1.71. The largest absolute Gasteiger partial charge is 0.496 e. The van der Waals surface area contributed by atoms with Crippen LogP contribution in [0, 0.1) is 6.92 Å². The Balaban J connectivity index is 2.74. The molecule has 5 heteroatoms. The van der Waals surface area contributed by atoms with Gasteiger partial charge in [0.15, 0.2) is 0 Å². The van der Waals surface area contributed by atoms with Crippen LogP contribution in [0.25, 0.3) is 0 Å². The fraction of sp³-hybridized carbons (Fsp3) is 0.538. The first kappa shape index (κ1) is 14.8. The molecule has 1 atom stereocenters. The predicted octanol–water partition coefficient (Wildman–Crippen LogP) is 0.421. The SMILES string of the molecule is COc1cc(CNCC(O)CN)c(OC)cc1C. The summed E-state index contributed by atoms with van der Waals surface area (Å²) in [5.41, 5.74) is 7.36. The number of aryl methyl sites for hydroxylation is 1. The van der Waals surface area contributed by atoms with Crippen molar-refractivity contribution in [1.82, 2.24) is 5.32 Å². The summed E-state index contributed by atoms with van der Waals surface area (Å²) in [7, 11) is 3.28. The van der Waals surface area contributed by atoms with Crippen LogP contribution in [0.2, 0.25) is 0 Å². The highest BCUT2D eigenvalue weighted by Gasteiger charge is 2.09. The van der Waals surface area contributed by atoms with Crippen LogP contribution in [0.5, 0.6) is 11.5 Å². The lowest BCUT2D eigenvalue weighted by molar-refractivity contribution is 0.179. The molecule has 5 nitrogen and oxygen atoms in total. The summed E-state index contributed by atoms with van der Waals surface area (Å²) in [4.78, 5) is 0. The van der Waals surface area contributed by atoms with E-state index in [2.05, 4.69) is 5.32 Å². The molecule has 1 unspecified atom stereocenters.